The molecule has 0 saturated carbocycles. The predicted molar refractivity (Wildman–Crippen MR) is 47.9 cm³/mol. The maximum absolute atomic E-state index is 10.8. The molecule has 0 fully saturated rings. The van der Waals surface area contributed by atoms with Crippen molar-refractivity contribution in [2.75, 3.05) is 6.54 Å². The highest BCUT2D eigenvalue weighted by Gasteiger charge is 2.05. The van der Waals surface area contributed by atoms with Gasteiger partial charge in [0, 0.05) is 13.0 Å². The van der Waals surface area contributed by atoms with E-state index in [9.17, 15) is 9.59 Å². The maximum atomic E-state index is 10.8. The first-order chi connectivity index (χ1) is 6.16. The van der Waals surface area contributed by atoms with E-state index in [0.717, 1.165) is 12.8 Å². The number of carboxylic acid groups (broad SMARTS) is 1. The fourth-order valence-corrected chi connectivity index (χ4v) is 0.780. The number of terminal acetylenes is 1. The van der Waals surface area contributed by atoms with E-state index in [1.807, 2.05) is 0 Å². The number of nitrogens with one attached hydrogen (secondary N) is 1. The van der Waals surface area contributed by atoms with Crippen molar-refractivity contribution in [3.05, 3.63) is 0 Å². The van der Waals surface area contributed by atoms with Crippen LogP contribution >= 0.6 is 0 Å². The molecule has 72 valence electrons. The number of hydrogen-bond acceptors (Lipinski definition) is 2. The lowest BCUT2D eigenvalue weighted by atomic mass is 10.2. The van der Waals surface area contributed by atoms with E-state index < -0.39 is 18.3 Å². The highest BCUT2D eigenvalue weighted by molar-refractivity contribution is 5.93. The predicted octanol–water partition coefficient (Wildman–Crippen LogP) is 0.381. The Bertz CT molecular complexity index is 217. The number of aliphatic carboxylic acids is 1. The largest absolute Gasteiger partial charge is 0.481 e. The van der Waals surface area contributed by atoms with E-state index in [1.165, 1.54) is 0 Å². The van der Waals surface area contributed by atoms with Gasteiger partial charge in [-0.25, -0.2) is 0 Å². The molecule has 0 rings (SSSR count). The van der Waals surface area contributed by atoms with Crippen LogP contribution in [0.3, 0.4) is 0 Å². The molecule has 2 N–H and O–H groups in total. The van der Waals surface area contributed by atoms with Crippen LogP contribution in [0.15, 0.2) is 0 Å². The molecule has 1 amide bonds. The van der Waals surface area contributed by atoms with Gasteiger partial charge in [-0.1, -0.05) is 0 Å². The minimum Gasteiger partial charge on any atom is -0.481 e. The Morgan fingerprint density at radius 3 is 2.62 bits per heavy atom. The first kappa shape index (κ1) is 11.5. The number of hydrogen-bond donors (Lipinski definition) is 2. The minimum atomic E-state index is -1.11. The second kappa shape index (κ2) is 7.17. The molecule has 0 aliphatic heterocycles. The third kappa shape index (κ3) is 8.41. The van der Waals surface area contributed by atoms with Crippen LogP contribution in [0.1, 0.15) is 25.7 Å². The number of unbranched alkanes of at least 4 members (excludes halogenated alkanes) is 2. The summed E-state index contributed by atoms with van der Waals surface area (Å²) in [6, 6.07) is 0. The van der Waals surface area contributed by atoms with Gasteiger partial charge in [-0.3, -0.25) is 9.59 Å². The molecule has 0 aromatic heterocycles. The highest BCUT2D eigenvalue weighted by Crippen LogP contribution is 1.91. The summed E-state index contributed by atoms with van der Waals surface area (Å²) in [5, 5.41) is 10.7. The molecular weight excluding hydrogens is 170 g/mol. The summed E-state index contributed by atoms with van der Waals surface area (Å²) in [5.41, 5.74) is 0. The van der Waals surface area contributed by atoms with Crippen molar-refractivity contribution in [1.82, 2.24) is 5.32 Å². The fourth-order valence-electron chi connectivity index (χ4n) is 0.780. The Labute approximate surface area is 77.3 Å². The SMILES string of the molecule is C#CCCCCNC(=O)CC(=O)O. The average Bonchev–Trinajstić information content (AvgIpc) is 2.02. The summed E-state index contributed by atoms with van der Waals surface area (Å²) in [6.07, 6.45) is 6.89. The molecular formula is C9H13NO3. The molecule has 0 aromatic rings. The van der Waals surface area contributed by atoms with Crippen LogP contribution in [-0.2, 0) is 9.59 Å². The van der Waals surface area contributed by atoms with Crippen LogP contribution < -0.4 is 5.32 Å². The number of rotatable bonds is 6. The van der Waals surface area contributed by atoms with E-state index in [4.69, 9.17) is 11.5 Å². The molecule has 0 atom stereocenters. The topological polar surface area (TPSA) is 66.4 Å². The summed E-state index contributed by atoms with van der Waals surface area (Å²) in [6.45, 7) is 0.494. The molecule has 0 aliphatic rings. The summed E-state index contributed by atoms with van der Waals surface area (Å²) >= 11 is 0. The highest BCUT2D eigenvalue weighted by atomic mass is 16.4. The lowest BCUT2D eigenvalue weighted by Gasteiger charge is -2.01. The van der Waals surface area contributed by atoms with Crippen LogP contribution in [0.5, 0.6) is 0 Å². The van der Waals surface area contributed by atoms with Crippen molar-refractivity contribution >= 4 is 11.9 Å². The van der Waals surface area contributed by atoms with E-state index in [1.54, 1.807) is 0 Å². The van der Waals surface area contributed by atoms with Crippen LogP contribution in [0.2, 0.25) is 0 Å². The van der Waals surface area contributed by atoms with Gasteiger partial charge in [-0.05, 0) is 12.8 Å². The molecule has 0 spiro atoms. The summed E-state index contributed by atoms with van der Waals surface area (Å²) < 4.78 is 0. The molecule has 0 aromatic carbocycles. The van der Waals surface area contributed by atoms with E-state index in [2.05, 4.69) is 11.2 Å². The number of amides is 1. The van der Waals surface area contributed by atoms with Crippen LogP contribution in [0.4, 0.5) is 0 Å². The second-order valence-corrected chi connectivity index (χ2v) is 2.58. The summed E-state index contributed by atoms with van der Waals surface area (Å²) in [5.74, 6) is 0.920. The molecule has 0 unspecified atom stereocenters. The zero-order chi connectivity index (χ0) is 10.1. The number of carboxylic acids is 1. The minimum absolute atomic E-state index is 0.451. The van der Waals surface area contributed by atoms with Crippen molar-refractivity contribution in [1.29, 1.82) is 0 Å². The van der Waals surface area contributed by atoms with Crippen molar-refractivity contribution in [3.8, 4) is 12.3 Å². The Kier molecular flexibility index (Phi) is 6.34. The van der Waals surface area contributed by atoms with Gasteiger partial charge in [0.05, 0.1) is 0 Å². The standard InChI is InChI=1S/C9H13NO3/c1-2-3-4-5-6-10-8(11)7-9(12)13/h1H,3-7H2,(H,10,11)(H,12,13). The normalized spacial score (nSPS) is 8.85. The monoisotopic (exact) mass is 183 g/mol. The Morgan fingerprint density at radius 2 is 2.08 bits per heavy atom. The van der Waals surface area contributed by atoms with Gasteiger partial charge in [0.25, 0.3) is 0 Å². The lowest BCUT2D eigenvalue weighted by molar-refractivity contribution is -0.140. The third-order valence-corrected chi connectivity index (χ3v) is 1.38. The molecule has 13 heavy (non-hydrogen) atoms. The average molecular weight is 183 g/mol. The van der Waals surface area contributed by atoms with Crippen molar-refractivity contribution in [2.45, 2.75) is 25.7 Å². The van der Waals surface area contributed by atoms with Crippen molar-refractivity contribution in [3.63, 3.8) is 0 Å². The van der Waals surface area contributed by atoms with Gasteiger partial charge >= 0.3 is 5.97 Å². The summed E-state index contributed by atoms with van der Waals surface area (Å²) in [7, 11) is 0. The number of carbonyl (C=O) groups is 2. The van der Waals surface area contributed by atoms with Crippen LogP contribution in [0, 0.1) is 12.3 Å². The van der Waals surface area contributed by atoms with E-state index >= 15 is 0 Å². The third-order valence-electron chi connectivity index (χ3n) is 1.38. The molecule has 0 saturated heterocycles. The van der Waals surface area contributed by atoms with Gasteiger partial charge in [-0.2, -0.15) is 0 Å². The van der Waals surface area contributed by atoms with Gasteiger partial charge in [0.2, 0.25) is 5.91 Å². The Morgan fingerprint density at radius 1 is 1.38 bits per heavy atom. The van der Waals surface area contributed by atoms with E-state index in [-0.39, 0.29) is 0 Å². The molecule has 0 aliphatic carbocycles. The Hall–Kier alpha value is -1.50. The zero-order valence-electron chi connectivity index (χ0n) is 7.38. The molecule has 0 bridgehead atoms. The fraction of sp³-hybridized carbons (Fsp3) is 0.556. The van der Waals surface area contributed by atoms with Gasteiger partial charge in [0.1, 0.15) is 6.42 Å². The molecule has 0 radical (unpaired) electrons. The molecule has 4 heteroatoms. The van der Waals surface area contributed by atoms with Crippen molar-refractivity contribution in [2.24, 2.45) is 0 Å². The zero-order valence-corrected chi connectivity index (χ0v) is 7.38. The summed E-state index contributed by atoms with van der Waals surface area (Å²) in [4.78, 5) is 20.8. The van der Waals surface area contributed by atoms with E-state index in [0.29, 0.717) is 13.0 Å². The smallest absolute Gasteiger partial charge is 0.312 e. The molecule has 0 heterocycles. The maximum Gasteiger partial charge on any atom is 0.312 e. The van der Waals surface area contributed by atoms with Gasteiger partial charge < -0.3 is 10.4 Å². The van der Waals surface area contributed by atoms with Crippen molar-refractivity contribution < 1.29 is 14.7 Å². The quantitative estimate of drug-likeness (QED) is 0.355. The van der Waals surface area contributed by atoms with Crippen LogP contribution in [-0.4, -0.2) is 23.5 Å². The van der Waals surface area contributed by atoms with Crippen LogP contribution in [0.25, 0.3) is 0 Å². The first-order valence-electron chi connectivity index (χ1n) is 4.08. The van der Waals surface area contributed by atoms with Gasteiger partial charge in [-0.15, -0.1) is 12.3 Å². The van der Waals surface area contributed by atoms with Gasteiger partial charge in [0.15, 0.2) is 0 Å². The first-order valence-corrected chi connectivity index (χ1v) is 4.08. The Balaban J connectivity index is 3.28. The second-order valence-electron chi connectivity index (χ2n) is 2.58. The number of carbonyl (C=O) groups excluding carboxylic acids is 1. The lowest BCUT2D eigenvalue weighted by Crippen LogP contribution is -2.26. The molecule has 4 nitrogen and oxygen atoms in total.